The Bertz CT molecular complexity index is 521. The summed E-state index contributed by atoms with van der Waals surface area (Å²) in [5.74, 6) is 0. The summed E-state index contributed by atoms with van der Waals surface area (Å²) in [5, 5.41) is 0. The zero-order valence-electron chi connectivity index (χ0n) is 25.0. The highest BCUT2D eigenvalue weighted by Crippen LogP contribution is 2.42. The lowest BCUT2D eigenvalue weighted by atomic mass is 9.73. The molecule has 0 aromatic rings. The van der Waals surface area contributed by atoms with Crippen molar-refractivity contribution in [2.24, 2.45) is 31.6 Å². The Morgan fingerprint density at radius 2 is 0.742 bits per heavy atom. The first-order valence-corrected chi connectivity index (χ1v) is 11.9. The Hall–Kier alpha value is -0.700. The second-order valence-electron chi connectivity index (χ2n) is 14.5. The molecule has 0 N–H and O–H groups in total. The third kappa shape index (κ3) is 10.6. The SMILES string of the molecule is CN1C(C)(C)CC1(C)C.CN=C(C(C)(C)C)C(C)(C)C.CN=C(C(C)(C)C)C(C)(C)C. The van der Waals surface area contributed by atoms with Crippen LogP contribution in [0.15, 0.2) is 9.98 Å². The molecule has 0 amide bonds. The average Bonchev–Trinajstić information content (AvgIpc) is 2.41. The van der Waals surface area contributed by atoms with Crippen LogP contribution in [-0.2, 0) is 0 Å². The Labute approximate surface area is 197 Å². The molecule has 0 spiro atoms. The van der Waals surface area contributed by atoms with Gasteiger partial charge in [0.1, 0.15) is 0 Å². The lowest BCUT2D eigenvalue weighted by Crippen LogP contribution is -2.66. The fourth-order valence-corrected chi connectivity index (χ4v) is 5.62. The Morgan fingerprint density at radius 1 is 0.548 bits per heavy atom. The van der Waals surface area contributed by atoms with Crippen LogP contribution in [-0.4, -0.2) is 48.5 Å². The van der Waals surface area contributed by atoms with Crippen molar-refractivity contribution in [2.45, 2.75) is 128 Å². The zero-order chi connectivity index (χ0) is 25.9. The molecule has 3 nitrogen and oxygen atoms in total. The van der Waals surface area contributed by atoms with Crippen LogP contribution in [0.3, 0.4) is 0 Å². The van der Waals surface area contributed by atoms with Crippen molar-refractivity contribution < 1.29 is 0 Å². The molecule has 0 radical (unpaired) electrons. The summed E-state index contributed by atoms with van der Waals surface area (Å²) >= 11 is 0. The summed E-state index contributed by atoms with van der Waals surface area (Å²) in [4.78, 5) is 11.1. The second-order valence-corrected chi connectivity index (χ2v) is 14.5. The van der Waals surface area contributed by atoms with Crippen molar-refractivity contribution in [3.8, 4) is 0 Å². The fraction of sp³-hybridized carbons (Fsp3) is 0.929. The summed E-state index contributed by atoms with van der Waals surface area (Å²) in [7, 11) is 5.96. The normalized spacial score (nSPS) is 18.4. The van der Waals surface area contributed by atoms with Crippen LogP contribution in [0, 0.1) is 21.7 Å². The maximum absolute atomic E-state index is 4.35. The highest BCUT2D eigenvalue weighted by molar-refractivity contribution is 5.94. The minimum atomic E-state index is 0.201. The van der Waals surface area contributed by atoms with Crippen LogP contribution in [0.2, 0.25) is 0 Å². The molecule has 0 aliphatic carbocycles. The van der Waals surface area contributed by atoms with Gasteiger partial charge in [-0.05, 0) is 41.2 Å². The summed E-state index contributed by atoms with van der Waals surface area (Å²) in [6.45, 7) is 35.7. The van der Waals surface area contributed by atoms with E-state index in [2.05, 4.69) is 133 Å². The zero-order valence-corrected chi connectivity index (χ0v) is 25.0. The first-order chi connectivity index (χ1) is 13.2. The van der Waals surface area contributed by atoms with E-state index >= 15 is 0 Å². The lowest BCUT2D eigenvalue weighted by Gasteiger charge is -2.59. The van der Waals surface area contributed by atoms with Gasteiger partial charge in [-0.1, -0.05) is 83.1 Å². The number of hydrogen-bond acceptors (Lipinski definition) is 3. The lowest BCUT2D eigenvalue weighted by molar-refractivity contribution is -0.0841. The summed E-state index contributed by atoms with van der Waals surface area (Å²) < 4.78 is 0. The van der Waals surface area contributed by atoms with Gasteiger partial charge in [0.15, 0.2) is 0 Å². The highest BCUT2D eigenvalue weighted by Gasteiger charge is 2.47. The van der Waals surface area contributed by atoms with Gasteiger partial charge in [0, 0.05) is 58.3 Å². The van der Waals surface area contributed by atoms with Gasteiger partial charge in [0.25, 0.3) is 0 Å². The van der Waals surface area contributed by atoms with E-state index < -0.39 is 0 Å². The number of aliphatic imine (C=N–C) groups is 2. The predicted octanol–water partition coefficient (Wildman–Crippen LogP) is 8.18. The number of rotatable bonds is 0. The van der Waals surface area contributed by atoms with Crippen LogP contribution in [0.5, 0.6) is 0 Å². The first-order valence-electron chi connectivity index (χ1n) is 11.9. The van der Waals surface area contributed by atoms with E-state index in [0.717, 1.165) is 0 Å². The van der Waals surface area contributed by atoms with Crippen molar-refractivity contribution in [2.75, 3.05) is 21.1 Å². The molecular formula is C28H59N3. The minimum absolute atomic E-state index is 0.201. The van der Waals surface area contributed by atoms with Gasteiger partial charge >= 0.3 is 0 Å². The molecule has 1 heterocycles. The molecule has 0 bridgehead atoms. The number of likely N-dealkylation sites (tertiary alicyclic amines) is 1. The summed E-state index contributed by atoms with van der Waals surface area (Å²) in [6.07, 6.45) is 1.32. The van der Waals surface area contributed by atoms with Crippen molar-refractivity contribution >= 4 is 11.4 Å². The Kier molecular flexibility index (Phi) is 11.0. The van der Waals surface area contributed by atoms with E-state index in [4.69, 9.17) is 0 Å². The van der Waals surface area contributed by atoms with Crippen LogP contribution >= 0.6 is 0 Å². The van der Waals surface area contributed by atoms with Crippen molar-refractivity contribution in [3.05, 3.63) is 0 Å². The second kappa shape index (κ2) is 10.5. The topological polar surface area (TPSA) is 28.0 Å². The first kappa shape index (κ1) is 32.5. The van der Waals surface area contributed by atoms with Gasteiger partial charge in [-0.15, -0.1) is 0 Å². The Balaban J connectivity index is 0. The molecule has 3 heteroatoms. The number of nitrogens with zero attached hydrogens (tertiary/aromatic N) is 3. The molecule has 0 saturated carbocycles. The molecular weight excluding hydrogens is 378 g/mol. The summed E-state index contributed by atoms with van der Waals surface area (Å²) in [6, 6.07) is 0. The van der Waals surface area contributed by atoms with Crippen LogP contribution in [0.25, 0.3) is 0 Å². The average molecular weight is 438 g/mol. The monoisotopic (exact) mass is 437 g/mol. The molecule has 186 valence electrons. The maximum Gasteiger partial charge on any atom is 0.0276 e. The summed E-state index contributed by atoms with van der Waals surface area (Å²) in [5.41, 5.74) is 4.27. The van der Waals surface area contributed by atoms with E-state index in [1.54, 1.807) is 0 Å². The Morgan fingerprint density at radius 3 is 0.742 bits per heavy atom. The van der Waals surface area contributed by atoms with Gasteiger partial charge in [0.2, 0.25) is 0 Å². The molecule has 1 aliphatic rings. The third-order valence-corrected chi connectivity index (χ3v) is 5.97. The molecule has 1 fully saturated rings. The molecule has 1 saturated heterocycles. The standard InChI is InChI=1S/2C10H21N.C8H17N/c2*1-9(2,3)8(11-7)10(4,5)6;1-7(2)6-8(3,4)9(7)5/h2*1-7H3;6H2,1-5H3. The van der Waals surface area contributed by atoms with E-state index in [9.17, 15) is 0 Å². The van der Waals surface area contributed by atoms with Crippen molar-refractivity contribution in [3.63, 3.8) is 0 Å². The van der Waals surface area contributed by atoms with Gasteiger partial charge in [-0.25, -0.2) is 0 Å². The van der Waals surface area contributed by atoms with E-state index in [-0.39, 0.29) is 21.7 Å². The van der Waals surface area contributed by atoms with E-state index in [1.807, 2.05) is 14.1 Å². The number of hydrogen-bond donors (Lipinski definition) is 0. The largest absolute Gasteiger partial charge is 0.296 e. The quantitative estimate of drug-likeness (QED) is 0.351. The van der Waals surface area contributed by atoms with Gasteiger partial charge in [-0.2, -0.15) is 0 Å². The van der Waals surface area contributed by atoms with Gasteiger partial charge < -0.3 is 0 Å². The van der Waals surface area contributed by atoms with Crippen LogP contribution in [0.4, 0.5) is 0 Å². The predicted molar refractivity (Wildman–Crippen MR) is 145 cm³/mol. The van der Waals surface area contributed by atoms with E-state index in [1.165, 1.54) is 17.8 Å². The van der Waals surface area contributed by atoms with Crippen molar-refractivity contribution in [1.82, 2.24) is 4.90 Å². The highest BCUT2D eigenvalue weighted by atomic mass is 15.3. The molecule has 1 rings (SSSR count). The van der Waals surface area contributed by atoms with Crippen molar-refractivity contribution in [1.29, 1.82) is 0 Å². The molecule has 1 aliphatic heterocycles. The van der Waals surface area contributed by atoms with Gasteiger partial charge in [0.05, 0.1) is 0 Å². The molecule has 0 unspecified atom stereocenters. The molecule has 0 atom stereocenters. The van der Waals surface area contributed by atoms with Gasteiger partial charge in [-0.3, -0.25) is 14.9 Å². The van der Waals surface area contributed by atoms with E-state index in [0.29, 0.717) is 11.1 Å². The minimum Gasteiger partial charge on any atom is -0.296 e. The van der Waals surface area contributed by atoms with Crippen LogP contribution < -0.4 is 0 Å². The molecule has 31 heavy (non-hydrogen) atoms. The third-order valence-electron chi connectivity index (χ3n) is 5.97. The maximum atomic E-state index is 4.35. The fourth-order valence-electron chi connectivity index (χ4n) is 5.62. The molecule has 0 aromatic carbocycles. The molecule has 0 aromatic heterocycles. The smallest absolute Gasteiger partial charge is 0.0276 e. The van der Waals surface area contributed by atoms with Crippen LogP contribution in [0.1, 0.15) is 117 Å².